The monoisotopic (exact) mass is 412 g/mol. The Morgan fingerprint density at radius 3 is 1.57 bits per heavy atom. The van der Waals surface area contributed by atoms with Gasteiger partial charge in [0.1, 0.15) is 0 Å². The summed E-state index contributed by atoms with van der Waals surface area (Å²) in [5.74, 6) is 0. The number of rotatable bonds is 3. The third kappa shape index (κ3) is 5.98. The number of benzene rings is 2. The standard InChI is InChI=1S/C26H37PS/c1-18-11-13-20(14-12-18)28-17-27-23-21(25(5,6)7)15-19(24(2,3)4)16-22(23)26(8,9)10/h11-17H,1-10H3. The molecule has 0 N–H and O–H groups in total. The molecular weight excluding hydrogens is 375 g/mol. The van der Waals surface area contributed by atoms with Crippen molar-refractivity contribution in [3.05, 3.63) is 58.7 Å². The molecule has 2 heteroatoms. The third-order valence-electron chi connectivity index (χ3n) is 4.98. The van der Waals surface area contributed by atoms with Crippen LogP contribution in [0.5, 0.6) is 0 Å². The lowest BCUT2D eigenvalue weighted by atomic mass is 9.75. The summed E-state index contributed by atoms with van der Waals surface area (Å²) in [4.78, 5) is 1.30. The van der Waals surface area contributed by atoms with Gasteiger partial charge in [-0.05, 0) is 52.0 Å². The van der Waals surface area contributed by atoms with Gasteiger partial charge in [-0.25, -0.2) is 0 Å². The highest BCUT2D eigenvalue weighted by molar-refractivity contribution is 8.16. The Morgan fingerprint density at radius 2 is 1.18 bits per heavy atom. The molecule has 0 unspecified atom stereocenters. The zero-order valence-electron chi connectivity index (χ0n) is 19.4. The van der Waals surface area contributed by atoms with Gasteiger partial charge in [0.05, 0.1) is 0 Å². The molecule has 28 heavy (non-hydrogen) atoms. The molecule has 0 bridgehead atoms. The maximum absolute atomic E-state index is 2.46. The molecule has 2 aromatic rings. The van der Waals surface area contributed by atoms with Crippen LogP contribution >= 0.6 is 20.0 Å². The van der Waals surface area contributed by atoms with E-state index in [1.807, 2.05) is 11.8 Å². The Kier molecular flexibility index (Phi) is 6.95. The highest BCUT2D eigenvalue weighted by Crippen LogP contribution is 2.35. The molecule has 0 fully saturated rings. The van der Waals surface area contributed by atoms with Gasteiger partial charge in [-0.2, -0.15) is 0 Å². The molecule has 0 amide bonds. The highest BCUT2D eigenvalue weighted by Gasteiger charge is 2.28. The minimum atomic E-state index is 0.117. The molecule has 0 radical (unpaired) electrons. The first-order chi connectivity index (χ1) is 12.7. The van der Waals surface area contributed by atoms with Crippen molar-refractivity contribution in [3.63, 3.8) is 0 Å². The lowest BCUT2D eigenvalue weighted by Crippen LogP contribution is -2.29. The van der Waals surface area contributed by atoms with E-state index in [2.05, 4.69) is 111 Å². The van der Waals surface area contributed by atoms with Crippen molar-refractivity contribution < 1.29 is 0 Å². The lowest BCUT2D eigenvalue weighted by Gasteiger charge is -2.32. The van der Waals surface area contributed by atoms with E-state index in [9.17, 15) is 0 Å². The quantitative estimate of drug-likeness (QED) is 0.363. The van der Waals surface area contributed by atoms with Crippen LogP contribution in [0.4, 0.5) is 0 Å². The van der Waals surface area contributed by atoms with Crippen molar-refractivity contribution in [1.82, 2.24) is 0 Å². The van der Waals surface area contributed by atoms with E-state index in [0.717, 1.165) is 0 Å². The average molecular weight is 413 g/mol. The second kappa shape index (κ2) is 8.37. The van der Waals surface area contributed by atoms with E-state index >= 15 is 0 Å². The summed E-state index contributed by atoms with van der Waals surface area (Å²) >= 11 is 1.84. The fourth-order valence-corrected chi connectivity index (χ4v) is 5.60. The van der Waals surface area contributed by atoms with Crippen LogP contribution in [0.15, 0.2) is 41.3 Å². The summed E-state index contributed by atoms with van der Waals surface area (Å²) in [6.07, 6.45) is 0. The molecule has 0 spiro atoms. The molecule has 0 saturated carbocycles. The fourth-order valence-electron chi connectivity index (χ4n) is 3.11. The maximum atomic E-state index is 2.46. The van der Waals surface area contributed by atoms with E-state index in [-0.39, 0.29) is 16.2 Å². The Balaban J connectivity index is 2.59. The van der Waals surface area contributed by atoms with Gasteiger partial charge in [-0.3, -0.25) is 0 Å². The normalized spacial score (nSPS) is 13.4. The van der Waals surface area contributed by atoms with Crippen molar-refractivity contribution in [1.29, 1.82) is 0 Å². The Labute approximate surface area is 179 Å². The number of aryl methyl sites for hydroxylation is 1. The van der Waals surface area contributed by atoms with E-state index in [4.69, 9.17) is 0 Å². The SMILES string of the molecule is Cc1ccc(SC=Pc2c(C(C)(C)C)cc(C(C)(C)C)cc2C(C)(C)C)cc1. The zero-order valence-corrected chi connectivity index (χ0v) is 21.1. The third-order valence-corrected chi connectivity index (χ3v) is 7.11. The summed E-state index contributed by atoms with van der Waals surface area (Å²) < 4.78 is 0. The molecule has 0 aromatic heterocycles. The van der Waals surface area contributed by atoms with Crippen LogP contribution in [0.25, 0.3) is 0 Å². The van der Waals surface area contributed by atoms with Crippen LogP contribution in [0, 0.1) is 6.92 Å². The summed E-state index contributed by atoms with van der Waals surface area (Å²) in [6.45, 7) is 23.1. The summed E-state index contributed by atoms with van der Waals surface area (Å²) in [5, 5.41) is 3.83. The zero-order chi connectivity index (χ0) is 21.3. The largest absolute Gasteiger partial charge is 0.0931 e. The van der Waals surface area contributed by atoms with E-state index in [0.29, 0.717) is 0 Å². The van der Waals surface area contributed by atoms with Crippen LogP contribution in [0.3, 0.4) is 0 Å². The molecule has 0 heterocycles. The molecule has 0 saturated heterocycles. The minimum absolute atomic E-state index is 0.117. The predicted molar refractivity (Wildman–Crippen MR) is 132 cm³/mol. The van der Waals surface area contributed by atoms with Gasteiger partial charge >= 0.3 is 0 Å². The first-order valence-corrected chi connectivity index (χ1v) is 12.0. The first kappa shape index (κ1) is 23.2. The molecular formula is C26H37PS. The van der Waals surface area contributed by atoms with Gasteiger partial charge < -0.3 is 0 Å². The van der Waals surface area contributed by atoms with E-state index < -0.39 is 0 Å². The highest BCUT2D eigenvalue weighted by atomic mass is 32.2. The molecule has 0 aliphatic carbocycles. The second-order valence-electron chi connectivity index (χ2n) is 10.8. The molecule has 2 aromatic carbocycles. The molecule has 0 aliphatic heterocycles. The van der Waals surface area contributed by atoms with Gasteiger partial charge in [0.25, 0.3) is 0 Å². The average Bonchev–Trinajstić information content (AvgIpc) is 2.53. The van der Waals surface area contributed by atoms with Crippen LogP contribution < -0.4 is 5.30 Å². The molecule has 0 atom stereocenters. The molecule has 0 nitrogen and oxygen atoms in total. The number of thioether (sulfide) groups is 1. The van der Waals surface area contributed by atoms with Gasteiger partial charge in [0.15, 0.2) is 0 Å². The fraction of sp³-hybridized carbons (Fsp3) is 0.500. The van der Waals surface area contributed by atoms with Crippen molar-refractivity contribution in [2.45, 2.75) is 90.4 Å². The summed E-state index contributed by atoms with van der Waals surface area (Å²) in [7, 11) is 1.29. The molecule has 152 valence electrons. The predicted octanol–water partition coefficient (Wildman–Crippen LogP) is 8.01. The second-order valence-corrected chi connectivity index (χ2v) is 13.1. The minimum Gasteiger partial charge on any atom is -0.0931 e. The Hall–Kier alpha value is -1.04. The smallest absolute Gasteiger partial charge is 0.0120 e. The van der Waals surface area contributed by atoms with Crippen LogP contribution in [0.2, 0.25) is 0 Å². The maximum Gasteiger partial charge on any atom is 0.0120 e. The van der Waals surface area contributed by atoms with Crippen molar-refractivity contribution in [3.8, 4) is 0 Å². The van der Waals surface area contributed by atoms with Gasteiger partial charge in [0, 0.05) is 15.3 Å². The Bertz CT molecular complexity index is 803. The van der Waals surface area contributed by atoms with Gasteiger partial charge in [0.2, 0.25) is 0 Å². The molecule has 2 rings (SSSR count). The topological polar surface area (TPSA) is 0 Å². The van der Waals surface area contributed by atoms with Crippen LogP contribution in [0.1, 0.15) is 84.6 Å². The van der Waals surface area contributed by atoms with Gasteiger partial charge in [-0.15, -0.1) is 0 Å². The van der Waals surface area contributed by atoms with Gasteiger partial charge in [-0.1, -0.05) is 112 Å². The first-order valence-electron chi connectivity index (χ1n) is 10.1. The van der Waals surface area contributed by atoms with Crippen molar-refractivity contribution >= 4 is 30.4 Å². The van der Waals surface area contributed by atoms with E-state index in [1.54, 1.807) is 0 Å². The van der Waals surface area contributed by atoms with Crippen LogP contribution in [-0.2, 0) is 16.2 Å². The molecule has 0 aliphatic rings. The number of hydrogen-bond acceptors (Lipinski definition) is 1. The lowest BCUT2D eigenvalue weighted by molar-refractivity contribution is 0.554. The van der Waals surface area contributed by atoms with Crippen molar-refractivity contribution in [2.75, 3.05) is 0 Å². The summed E-state index contributed by atoms with van der Waals surface area (Å²) in [6, 6.07) is 13.7. The van der Waals surface area contributed by atoms with Crippen molar-refractivity contribution in [2.24, 2.45) is 0 Å². The summed E-state index contributed by atoms with van der Waals surface area (Å²) in [5.41, 5.74) is 6.09. The van der Waals surface area contributed by atoms with E-state index in [1.165, 1.54) is 40.7 Å². The Morgan fingerprint density at radius 1 is 0.714 bits per heavy atom. The number of hydrogen-bond donors (Lipinski definition) is 0. The van der Waals surface area contributed by atoms with Crippen LogP contribution in [-0.4, -0.2) is 5.13 Å².